The number of nitrogens with one attached hydrogen (secondary N) is 3. The Kier molecular flexibility index (Phi) is 9.82. The highest BCUT2D eigenvalue weighted by molar-refractivity contribution is 7.92. The molecule has 6 rings (SSSR count). The summed E-state index contributed by atoms with van der Waals surface area (Å²) in [7, 11) is 0.222. The number of fused-ring (bicyclic) bond motifs is 1. The van der Waals surface area contributed by atoms with Crippen LogP contribution in [0.25, 0.3) is 11.0 Å². The Hall–Kier alpha value is -3.98. The first-order valence-corrected chi connectivity index (χ1v) is 18.1. The van der Waals surface area contributed by atoms with Gasteiger partial charge in [0.15, 0.2) is 5.82 Å². The second-order valence-electron chi connectivity index (χ2n) is 12.0. The average molecular weight is 681 g/mol. The molecule has 250 valence electrons. The molecule has 4 heterocycles. The predicted octanol–water partition coefficient (Wildman–Crippen LogP) is 4.72. The van der Waals surface area contributed by atoms with Crippen molar-refractivity contribution in [3.8, 4) is 5.75 Å². The first-order valence-electron chi connectivity index (χ1n) is 15.8. The van der Waals surface area contributed by atoms with Gasteiger partial charge < -0.3 is 25.2 Å². The van der Waals surface area contributed by atoms with Crippen molar-refractivity contribution in [1.82, 2.24) is 29.7 Å². The lowest BCUT2D eigenvalue weighted by molar-refractivity contribution is 0.0982. The van der Waals surface area contributed by atoms with E-state index < -0.39 is 10.0 Å². The summed E-state index contributed by atoms with van der Waals surface area (Å²) in [6.07, 6.45) is 8.74. The van der Waals surface area contributed by atoms with Gasteiger partial charge >= 0.3 is 0 Å². The maximum Gasteiger partial charge on any atom is 0.229 e. The fourth-order valence-corrected chi connectivity index (χ4v) is 7.03. The minimum atomic E-state index is -3.64. The molecule has 47 heavy (non-hydrogen) atoms. The van der Waals surface area contributed by atoms with Gasteiger partial charge in [0.25, 0.3) is 0 Å². The SMILES string of the molecule is CCc1cc(Nc2ncc(Cl)c(Nc3ccc4nccnc4c3NS(C)(=O)=O)n2)c(OC)cc1N1CCC(N2CCN(C)CC2)CC1. The number of benzene rings is 2. The van der Waals surface area contributed by atoms with Crippen molar-refractivity contribution in [3.05, 3.63) is 53.4 Å². The van der Waals surface area contributed by atoms with Crippen LogP contribution in [0.4, 0.5) is 34.5 Å². The van der Waals surface area contributed by atoms with E-state index in [1.165, 1.54) is 23.6 Å². The molecular weight excluding hydrogens is 640 g/mol. The maximum absolute atomic E-state index is 12.2. The summed E-state index contributed by atoms with van der Waals surface area (Å²) >= 11 is 6.51. The van der Waals surface area contributed by atoms with Crippen LogP contribution in [0, 0.1) is 0 Å². The van der Waals surface area contributed by atoms with Gasteiger partial charge in [0.1, 0.15) is 16.3 Å². The molecular formula is C32H41ClN10O3S. The van der Waals surface area contributed by atoms with Gasteiger partial charge in [-0.25, -0.2) is 13.4 Å². The number of methoxy groups -OCH3 is 1. The van der Waals surface area contributed by atoms with E-state index >= 15 is 0 Å². The van der Waals surface area contributed by atoms with E-state index in [1.807, 2.05) is 0 Å². The van der Waals surface area contributed by atoms with E-state index in [4.69, 9.17) is 16.3 Å². The molecule has 2 fully saturated rings. The largest absolute Gasteiger partial charge is 0.494 e. The molecule has 2 aliphatic rings. The number of hydrogen-bond donors (Lipinski definition) is 3. The minimum Gasteiger partial charge on any atom is -0.494 e. The number of ether oxygens (including phenoxy) is 1. The van der Waals surface area contributed by atoms with Gasteiger partial charge in [0.2, 0.25) is 16.0 Å². The normalized spacial score (nSPS) is 16.7. The number of piperazine rings is 1. The van der Waals surface area contributed by atoms with Crippen molar-refractivity contribution < 1.29 is 13.2 Å². The molecule has 0 spiro atoms. The first-order chi connectivity index (χ1) is 22.6. The zero-order valence-electron chi connectivity index (χ0n) is 27.1. The van der Waals surface area contributed by atoms with Crippen molar-refractivity contribution in [1.29, 1.82) is 0 Å². The van der Waals surface area contributed by atoms with Gasteiger partial charge in [-0.2, -0.15) is 4.98 Å². The summed E-state index contributed by atoms with van der Waals surface area (Å²) in [5.74, 6) is 1.24. The van der Waals surface area contributed by atoms with Gasteiger partial charge in [-0.3, -0.25) is 19.6 Å². The van der Waals surface area contributed by atoms with Crippen LogP contribution in [-0.2, 0) is 16.4 Å². The lowest BCUT2D eigenvalue weighted by atomic mass is 9.99. The fraction of sp³-hybridized carbons (Fsp3) is 0.438. The van der Waals surface area contributed by atoms with E-state index in [2.05, 4.69) is 76.1 Å². The van der Waals surface area contributed by atoms with E-state index in [0.717, 1.165) is 70.5 Å². The van der Waals surface area contributed by atoms with Gasteiger partial charge in [-0.1, -0.05) is 18.5 Å². The van der Waals surface area contributed by atoms with Crippen LogP contribution in [0.5, 0.6) is 5.75 Å². The van der Waals surface area contributed by atoms with E-state index in [0.29, 0.717) is 28.5 Å². The molecule has 0 bridgehead atoms. The fourth-order valence-electron chi connectivity index (χ4n) is 6.31. The summed E-state index contributed by atoms with van der Waals surface area (Å²) in [6, 6.07) is 8.27. The quantitative estimate of drug-likeness (QED) is 0.214. The third-order valence-electron chi connectivity index (χ3n) is 8.81. The Labute approximate surface area is 280 Å². The predicted molar refractivity (Wildman–Crippen MR) is 188 cm³/mol. The summed E-state index contributed by atoms with van der Waals surface area (Å²) in [6.45, 7) is 8.74. The standard InChI is InChI=1S/C32H41ClN10O3S/c1-5-21-18-26(28(46-3)19-27(21)43-12-8-22(9-13-43)42-16-14-41(2)15-17-42)38-32-36-20-23(33)31(39-32)37-25-7-6-24-29(35-11-10-34-24)30(25)40-47(4,44)45/h6-7,10-11,18-20,22,40H,5,8-9,12-17H2,1-4H3,(H2,36,37,38,39). The summed E-state index contributed by atoms with van der Waals surface area (Å²) in [4.78, 5) is 25.2. The maximum atomic E-state index is 12.2. The van der Waals surface area contributed by atoms with Crippen molar-refractivity contribution in [2.45, 2.75) is 32.2 Å². The van der Waals surface area contributed by atoms with Gasteiger partial charge in [-0.15, -0.1) is 0 Å². The number of hydrogen-bond acceptors (Lipinski definition) is 12. The number of aromatic nitrogens is 4. The second kappa shape index (κ2) is 14.0. The molecule has 4 aromatic rings. The molecule has 2 saturated heterocycles. The average Bonchev–Trinajstić information content (AvgIpc) is 3.07. The number of nitrogens with zero attached hydrogens (tertiary/aromatic N) is 7. The van der Waals surface area contributed by atoms with E-state index in [1.54, 1.807) is 25.4 Å². The summed E-state index contributed by atoms with van der Waals surface area (Å²) in [5.41, 5.74) is 4.67. The number of rotatable bonds is 10. The van der Waals surface area contributed by atoms with Crippen LogP contribution in [0.3, 0.4) is 0 Å². The molecule has 3 N–H and O–H groups in total. The van der Waals surface area contributed by atoms with Crippen LogP contribution in [-0.4, -0.2) is 104 Å². The number of aryl methyl sites for hydroxylation is 1. The van der Waals surface area contributed by atoms with Gasteiger partial charge in [0, 0.05) is 69.5 Å². The van der Waals surface area contributed by atoms with Crippen LogP contribution in [0.1, 0.15) is 25.3 Å². The monoisotopic (exact) mass is 680 g/mol. The number of anilines is 6. The lowest BCUT2D eigenvalue weighted by Crippen LogP contribution is -2.52. The molecule has 0 unspecified atom stereocenters. The van der Waals surface area contributed by atoms with Crippen LogP contribution in [0.2, 0.25) is 5.02 Å². The molecule has 0 atom stereocenters. The molecule has 13 nitrogen and oxygen atoms in total. The zero-order valence-corrected chi connectivity index (χ0v) is 28.7. The second-order valence-corrected chi connectivity index (χ2v) is 14.2. The molecule has 15 heteroatoms. The molecule has 0 radical (unpaired) electrons. The Bertz CT molecular complexity index is 1840. The first kappa shape index (κ1) is 32.9. The van der Waals surface area contributed by atoms with Gasteiger partial charge in [-0.05, 0) is 50.1 Å². The highest BCUT2D eigenvalue weighted by atomic mass is 35.5. The van der Waals surface area contributed by atoms with Crippen LogP contribution in [0.15, 0.2) is 42.9 Å². The van der Waals surface area contributed by atoms with Crippen molar-refractivity contribution in [2.75, 3.05) is 79.9 Å². The Morgan fingerprint density at radius 2 is 1.72 bits per heavy atom. The highest BCUT2D eigenvalue weighted by Gasteiger charge is 2.28. The molecule has 0 amide bonds. The molecule has 2 aromatic carbocycles. The Balaban J connectivity index is 1.22. The van der Waals surface area contributed by atoms with Crippen LogP contribution >= 0.6 is 11.6 Å². The zero-order chi connectivity index (χ0) is 33.1. The molecule has 2 aromatic heterocycles. The topological polar surface area (TPSA) is 141 Å². The van der Waals surface area contributed by atoms with E-state index in [9.17, 15) is 8.42 Å². The third kappa shape index (κ3) is 7.61. The van der Waals surface area contributed by atoms with E-state index in [-0.39, 0.29) is 22.5 Å². The van der Waals surface area contributed by atoms with Crippen molar-refractivity contribution in [3.63, 3.8) is 0 Å². The lowest BCUT2D eigenvalue weighted by Gasteiger charge is -2.43. The highest BCUT2D eigenvalue weighted by Crippen LogP contribution is 2.38. The summed E-state index contributed by atoms with van der Waals surface area (Å²) < 4.78 is 32.9. The summed E-state index contributed by atoms with van der Waals surface area (Å²) in [5, 5.41) is 6.71. The number of likely N-dealkylation sites (N-methyl/N-ethyl adjacent to an activating group) is 1. The Morgan fingerprint density at radius 1 is 0.979 bits per heavy atom. The molecule has 0 saturated carbocycles. The number of piperidine rings is 1. The third-order valence-corrected chi connectivity index (χ3v) is 9.66. The Morgan fingerprint density at radius 3 is 2.43 bits per heavy atom. The van der Waals surface area contributed by atoms with Crippen molar-refractivity contribution >= 4 is 67.2 Å². The number of halogens is 1. The number of sulfonamides is 1. The van der Waals surface area contributed by atoms with Crippen LogP contribution < -0.4 is 25.0 Å². The van der Waals surface area contributed by atoms with Crippen molar-refractivity contribution in [2.24, 2.45) is 0 Å². The molecule has 2 aliphatic heterocycles. The smallest absolute Gasteiger partial charge is 0.229 e. The van der Waals surface area contributed by atoms with Gasteiger partial charge in [0.05, 0.1) is 42.1 Å². The molecule has 0 aliphatic carbocycles. The minimum absolute atomic E-state index is 0.236.